The molecule has 18 heavy (non-hydrogen) atoms. The average molecular weight is 269 g/mol. The van der Waals surface area contributed by atoms with E-state index in [-0.39, 0.29) is 6.54 Å². The minimum atomic E-state index is -1.26. The molecule has 0 fully saturated rings. The third-order valence-electron chi connectivity index (χ3n) is 1.87. The van der Waals surface area contributed by atoms with Crippen molar-refractivity contribution in [2.75, 3.05) is 0 Å². The Hall–Kier alpha value is -2.22. The Morgan fingerprint density at radius 1 is 1.44 bits per heavy atom. The Balaban J connectivity index is 2.36. The first-order chi connectivity index (χ1) is 8.49. The highest BCUT2D eigenvalue weighted by Gasteiger charge is 2.06. The number of carboxylic acids is 1. The fraction of sp³-hybridized carbons (Fsp3) is 0.200. The highest BCUT2D eigenvalue weighted by molar-refractivity contribution is 7.09. The highest BCUT2D eigenvalue weighted by Crippen LogP contribution is 2.10. The molecule has 0 saturated carbocycles. The maximum atomic E-state index is 11.3. The van der Waals surface area contributed by atoms with E-state index >= 15 is 0 Å². The summed E-state index contributed by atoms with van der Waals surface area (Å²) in [6.45, 7) is 2.07. The minimum absolute atomic E-state index is 0.262. The van der Waals surface area contributed by atoms with Gasteiger partial charge in [0.05, 0.1) is 17.7 Å². The summed E-state index contributed by atoms with van der Waals surface area (Å²) in [5.41, 5.74) is 2.47. The van der Waals surface area contributed by atoms with Crippen molar-refractivity contribution in [2.24, 2.45) is 0 Å². The maximum absolute atomic E-state index is 11.3. The van der Waals surface area contributed by atoms with Gasteiger partial charge in [0.1, 0.15) is 0 Å². The highest BCUT2D eigenvalue weighted by atomic mass is 32.1. The van der Waals surface area contributed by atoms with E-state index in [1.54, 1.807) is 5.51 Å². The number of thiazole rings is 1. The first-order valence-corrected chi connectivity index (χ1v) is 5.76. The third kappa shape index (κ3) is 4.74. The van der Waals surface area contributed by atoms with E-state index in [1.807, 2.05) is 12.2 Å². The van der Waals surface area contributed by atoms with Gasteiger partial charge in [-0.2, -0.15) is 0 Å². The van der Waals surface area contributed by atoms with E-state index in [0.717, 1.165) is 16.6 Å². The SMILES string of the molecule is Cc1ncsc1CNC(=O)NC(=O)/C=C/C(=O)O. The number of nitrogens with one attached hydrogen (secondary N) is 2. The van der Waals surface area contributed by atoms with Crippen LogP contribution in [0.25, 0.3) is 0 Å². The Kier molecular flexibility index (Phi) is 5.00. The quantitative estimate of drug-likeness (QED) is 0.686. The Labute approximate surface area is 107 Å². The van der Waals surface area contributed by atoms with Gasteiger partial charge in [-0.1, -0.05) is 0 Å². The van der Waals surface area contributed by atoms with Crippen molar-refractivity contribution in [3.63, 3.8) is 0 Å². The van der Waals surface area contributed by atoms with Crippen LogP contribution >= 0.6 is 11.3 Å². The molecule has 1 aromatic rings. The largest absolute Gasteiger partial charge is 0.478 e. The van der Waals surface area contributed by atoms with Crippen molar-refractivity contribution in [1.29, 1.82) is 0 Å². The van der Waals surface area contributed by atoms with Crippen LogP contribution in [0.4, 0.5) is 4.79 Å². The van der Waals surface area contributed by atoms with E-state index in [2.05, 4.69) is 10.3 Å². The Morgan fingerprint density at radius 3 is 2.72 bits per heavy atom. The fourth-order valence-electron chi connectivity index (χ4n) is 1.00. The molecule has 1 rings (SSSR count). The number of urea groups is 1. The van der Waals surface area contributed by atoms with Crippen LogP contribution in [0.1, 0.15) is 10.6 Å². The lowest BCUT2D eigenvalue weighted by Crippen LogP contribution is -2.38. The van der Waals surface area contributed by atoms with E-state index in [1.165, 1.54) is 11.3 Å². The zero-order valence-electron chi connectivity index (χ0n) is 9.47. The van der Waals surface area contributed by atoms with Gasteiger partial charge in [-0.3, -0.25) is 10.1 Å². The van der Waals surface area contributed by atoms with Crippen molar-refractivity contribution in [1.82, 2.24) is 15.6 Å². The molecule has 3 N–H and O–H groups in total. The Morgan fingerprint density at radius 2 is 2.17 bits per heavy atom. The molecule has 0 aromatic carbocycles. The van der Waals surface area contributed by atoms with Gasteiger partial charge in [-0.05, 0) is 6.92 Å². The van der Waals surface area contributed by atoms with E-state index in [9.17, 15) is 14.4 Å². The summed E-state index contributed by atoms with van der Waals surface area (Å²) >= 11 is 1.39. The van der Waals surface area contributed by atoms with Crippen LogP contribution in [0.2, 0.25) is 0 Å². The maximum Gasteiger partial charge on any atom is 0.328 e. The van der Waals surface area contributed by atoms with Crippen LogP contribution in [-0.4, -0.2) is 28.0 Å². The molecular weight excluding hydrogens is 258 g/mol. The number of aryl methyl sites for hydroxylation is 1. The normalized spacial score (nSPS) is 10.3. The lowest BCUT2D eigenvalue weighted by molar-refractivity contribution is -0.131. The zero-order valence-corrected chi connectivity index (χ0v) is 10.3. The number of aliphatic carboxylic acids is 1. The number of amides is 3. The van der Waals surface area contributed by atoms with Gasteiger partial charge in [-0.15, -0.1) is 11.3 Å². The number of nitrogens with zero attached hydrogens (tertiary/aromatic N) is 1. The molecule has 0 radical (unpaired) electrons. The van der Waals surface area contributed by atoms with E-state index in [4.69, 9.17) is 5.11 Å². The van der Waals surface area contributed by atoms with Gasteiger partial charge >= 0.3 is 12.0 Å². The summed E-state index contributed by atoms with van der Waals surface area (Å²) in [6.07, 6.45) is 1.41. The molecule has 8 heteroatoms. The number of aromatic nitrogens is 1. The summed E-state index contributed by atoms with van der Waals surface area (Å²) in [4.78, 5) is 37.3. The molecule has 0 bridgehead atoms. The summed E-state index contributed by atoms with van der Waals surface area (Å²) in [6, 6.07) is -0.692. The van der Waals surface area contributed by atoms with Crippen LogP contribution in [0, 0.1) is 6.92 Å². The van der Waals surface area contributed by atoms with Crippen LogP contribution in [-0.2, 0) is 16.1 Å². The molecule has 0 spiro atoms. The van der Waals surface area contributed by atoms with Gasteiger partial charge in [0, 0.05) is 17.0 Å². The number of carbonyl (C=O) groups is 3. The molecule has 0 aliphatic rings. The van der Waals surface area contributed by atoms with Gasteiger partial charge in [0.15, 0.2) is 0 Å². The molecule has 0 aliphatic carbocycles. The van der Waals surface area contributed by atoms with Crippen LogP contribution < -0.4 is 10.6 Å². The smallest absolute Gasteiger partial charge is 0.328 e. The van der Waals surface area contributed by atoms with Gasteiger partial charge in [-0.25, -0.2) is 14.6 Å². The minimum Gasteiger partial charge on any atom is -0.478 e. The van der Waals surface area contributed by atoms with Crippen molar-refractivity contribution in [3.05, 3.63) is 28.2 Å². The Bertz CT molecular complexity index is 495. The van der Waals surface area contributed by atoms with Crippen molar-refractivity contribution < 1.29 is 19.5 Å². The van der Waals surface area contributed by atoms with Crippen molar-refractivity contribution in [3.8, 4) is 0 Å². The van der Waals surface area contributed by atoms with Crippen LogP contribution in [0.15, 0.2) is 17.7 Å². The second-order valence-electron chi connectivity index (χ2n) is 3.20. The summed E-state index contributed by atoms with van der Waals surface area (Å²) in [7, 11) is 0. The van der Waals surface area contributed by atoms with Gasteiger partial charge in [0.25, 0.3) is 5.91 Å². The predicted molar refractivity (Wildman–Crippen MR) is 64.0 cm³/mol. The van der Waals surface area contributed by atoms with Crippen molar-refractivity contribution >= 4 is 29.2 Å². The fourth-order valence-corrected chi connectivity index (χ4v) is 1.72. The van der Waals surface area contributed by atoms with Gasteiger partial charge < -0.3 is 10.4 Å². The van der Waals surface area contributed by atoms with Gasteiger partial charge in [0.2, 0.25) is 0 Å². The number of carbonyl (C=O) groups excluding carboxylic acids is 2. The molecule has 0 saturated heterocycles. The molecule has 96 valence electrons. The van der Waals surface area contributed by atoms with Crippen LogP contribution in [0.3, 0.4) is 0 Å². The number of hydrogen-bond acceptors (Lipinski definition) is 5. The van der Waals surface area contributed by atoms with Crippen molar-refractivity contribution in [2.45, 2.75) is 13.5 Å². The molecule has 0 atom stereocenters. The molecule has 1 heterocycles. The number of imide groups is 1. The lowest BCUT2D eigenvalue weighted by Gasteiger charge is -2.03. The molecule has 7 nitrogen and oxygen atoms in total. The summed E-state index contributed by atoms with van der Waals surface area (Å²) in [5.74, 6) is -2.05. The molecule has 0 aliphatic heterocycles. The molecule has 3 amide bonds. The zero-order chi connectivity index (χ0) is 13.5. The predicted octanol–water partition coefficient (Wildman–Crippen LogP) is 0.418. The molecule has 1 aromatic heterocycles. The van der Waals surface area contributed by atoms with E-state index < -0.39 is 17.9 Å². The molecular formula is C10H11N3O4S. The monoisotopic (exact) mass is 269 g/mol. The number of rotatable bonds is 4. The second kappa shape index (κ2) is 6.50. The number of hydrogen-bond donors (Lipinski definition) is 3. The summed E-state index contributed by atoms with van der Waals surface area (Å²) in [5, 5.41) is 12.7. The number of carboxylic acid groups (broad SMARTS) is 1. The second-order valence-corrected chi connectivity index (χ2v) is 4.14. The lowest BCUT2D eigenvalue weighted by atomic mass is 10.4. The average Bonchev–Trinajstić information content (AvgIpc) is 2.69. The van der Waals surface area contributed by atoms with E-state index in [0.29, 0.717) is 6.08 Å². The third-order valence-corrected chi connectivity index (χ3v) is 2.80. The topological polar surface area (TPSA) is 108 Å². The van der Waals surface area contributed by atoms with Crippen LogP contribution in [0.5, 0.6) is 0 Å². The first kappa shape index (κ1) is 13.8. The standard InChI is InChI=1S/C10H11N3O4S/c1-6-7(18-5-12-6)4-11-10(17)13-8(14)2-3-9(15)16/h2-3,5H,4H2,1H3,(H,15,16)(H2,11,13,14,17)/b3-2+. The summed E-state index contributed by atoms with van der Waals surface area (Å²) < 4.78 is 0. The first-order valence-electron chi connectivity index (χ1n) is 4.88. The molecule has 0 unspecified atom stereocenters.